The van der Waals surface area contributed by atoms with E-state index in [1.54, 1.807) is 0 Å². The molecule has 0 unspecified atom stereocenters. The molecule has 0 radical (unpaired) electrons. The van der Waals surface area contributed by atoms with Gasteiger partial charge in [-0.15, -0.1) is 0 Å². The summed E-state index contributed by atoms with van der Waals surface area (Å²) in [6.07, 6.45) is 8.26. The van der Waals surface area contributed by atoms with Crippen LogP contribution in [0.1, 0.15) is 42.0 Å². The van der Waals surface area contributed by atoms with E-state index in [1.807, 2.05) is 24.1 Å². The first-order chi connectivity index (χ1) is 11.3. The molecule has 0 fully saturated rings. The second-order valence-corrected chi connectivity index (χ2v) is 6.36. The molecule has 6 nitrogen and oxygen atoms in total. The van der Waals surface area contributed by atoms with Gasteiger partial charge < -0.3 is 0 Å². The normalized spacial score (nSPS) is 18.6. The van der Waals surface area contributed by atoms with Gasteiger partial charge >= 0.3 is 0 Å². The third-order valence-electron chi connectivity index (χ3n) is 4.70. The molecule has 0 saturated carbocycles. The lowest BCUT2D eigenvalue weighted by Gasteiger charge is -2.28. The van der Waals surface area contributed by atoms with E-state index in [4.69, 9.17) is 4.98 Å². The van der Waals surface area contributed by atoms with Gasteiger partial charge in [-0.25, -0.2) is 9.97 Å². The summed E-state index contributed by atoms with van der Waals surface area (Å²) >= 11 is 0. The Labute approximate surface area is 136 Å². The molecule has 0 aliphatic carbocycles. The van der Waals surface area contributed by atoms with Crippen LogP contribution in [-0.2, 0) is 26.6 Å². The van der Waals surface area contributed by atoms with Crippen LogP contribution in [0, 0.1) is 0 Å². The van der Waals surface area contributed by atoms with Crippen molar-refractivity contribution in [3.05, 3.63) is 41.2 Å². The molecule has 0 saturated heterocycles. The van der Waals surface area contributed by atoms with Crippen LogP contribution >= 0.6 is 0 Å². The number of hydrogen-bond acceptors (Lipinski definition) is 5. The summed E-state index contributed by atoms with van der Waals surface area (Å²) in [5.41, 5.74) is 4.78. The number of hydrogen-bond donors (Lipinski definition) is 0. The molecule has 2 aliphatic heterocycles. The van der Waals surface area contributed by atoms with Crippen LogP contribution in [-0.4, -0.2) is 43.4 Å². The van der Waals surface area contributed by atoms with Crippen molar-refractivity contribution in [2.75, 3.05) is 13.1 Å². The van der Waals surface area contributed by atoms with Crippen molar-refractivity contribution < 1.29 is 0 Å². The third kappa shape index (κ3) is 3.03. The Kier molecular flexibility index (Phi) is 3.91. The molecule has 2 aliphatic rings. The summed E-state index contributed by atoms with van der Waals surface area (Å²) in [4.78, 5) is 16.4. The highest BCUT2D eigenvalue weighted by Gasteiger charge is 2.20. The van der Waals surface area contributed by atoms with E-state index < -0.39 is 0 Å². The van der Waals surface area contributed by atoms with Gasteiger partial charge in [0, 0.05) is 57.6 Å². The summed E-state index contributed by atoms with van der Waals surface area (Å²) in [6, 6.07) is 2.08. The topological polar surface area (TPSA) is 59.2 Å². The average molecular weight is 310 g/mol. The monoisotopic (exact) mass is 310 g/mol. The summed E-state index contributed by atoms with van der Waals surface area (Å²) in [5.74, 6) is 0.850. The van der Waals surface area contributed by atoms with Crippen LogP contribution in [0.3, 0.4) is 0 Å². The molecule has 6 heteroatoms. The van der Waals surface area contributed by atoms with Crippen molar-refractivity contribution in [2.45, 2.75) is 38.8 Å². The third-order valence-corrected chi connectivity index (χ3v) is 4.70. The highest BCUT2D eigenvalue weighted by molar-refractivity contribution is 5.97. The van der Waals surface area contributed by atoms with Gasteiger partial charge in [0.05, 0.1) is 17.1 Å². The van der Waals surface area contributed by atoms with Crippen LogP contribution in [0.5, 0.6) is 0 Å². The van der Waals surface area contributed by atoms with E-state index in [2.05, 4.69) is 26.0 Å². The van der Waals surface area contributed by atoms with Gasteiger partial charge in [-0.3, -0.25) is 14.6 Å². The second kappa shape index (κ2) is 6.20. The fourth-order valence-corrected chi connectivity index (χ4v) is 3.31. The molecule has 0 aromatic carbocycles. The largest absolute Gasteiger partial charge is 0.293 e. The van der Waals surface area contributed by atoms with Crippen LogP contribution < -0.4 is 0 Å². The van der Waals surface area contributed by atoms with Gasteiger partial charge in [0.2, 0.25) is 0 Å². The Morgan fingerprint density at radius 1 is 1.22 bits per heavy atom. The van der Waals surface area contributed by atoms with Crippen LogP contribution in [0.15, 0.2) is 23.5 Å². The van der Waals surface area contributed by atoms with E-state index in [9.17, 15) is 0 Å². The zero-order valence-corrected chi connectivity index (χ0v) is 13.6. The molecular weight excluding hydrogens is 288 g/mol. The minimum Gasteiger partial charge on any atom is -0.293 e. The molecule has 120 valence electrons. The Balaban J connectivity index is 1.50. The fraction of sp³-hybridized carbons (Fsp3) is 0.529. The number of nitrogens with zero attached hydrogens (tertiary/aromatic N) is 6. The van der Waals surface area contributed by atoms with Gasteiger partial charge in [-0.2, -0.15) is 5.10 Å². The maximum absolute atomic E-state index is 4.80. The number of fused-ring (bicyclic) bond motifs is 1. The predicted molar refractivity (Wildman–Crippen MR) is 88.3 cm³/mol. The Morgan fingerprint density at radius 2 is 2.17 bits per heavy atom. The first kappa shape index (κ1) is 14.5. The van der Waals surface area contributed by atoms with Crippen molar-refractivity contribution in [1.82, 2.24) is 24.6 Å². The van der Waals surface area contributed by atoms with Crippen molar-refractivity contribution in [3.63, 3.8) is 0 Å². The van der Waals surface area contributed by atoms with Crippen molar-refractivity contribution in [2.24, 2.45) is 12.0 Å². The first-order valence-corrected chi connectivity index (χ1v) is 8.37. The smallest absolute Gasteiger partial charge is 0.173 e. The molecule has 0 N–H and O–H groups in total. The van der Waals surface area contributed by atoms with Crippen LogP contribution in [0.25, 0.3) is 0 Å². The molecule has 0 spiro atoms. The van der Waals surface area contributed by atoms with Gasteiger partial charge in [-0.05, 0) is 25.3 Å². The lowest BCUT2D eigenvalue weighted by molar-refractivity contribution is 0.236. The molecule has 4 rings (SSSR count). The van der Waals surface area contributed by atoms with E-state index in [0.29, 0.717) is 0 Å². The molecule has 0 bridgehead atoms. The summed E-state index contributed by atoms with van der Waals surface area (Å²) in [5, 5.41) is 4.24. The summed E-state index contributed by atoms with van der Waals surface area (Å²) in [7, 11) is 1.99. The van der Waals surface area contributed by atoms with Crippen molar-refractivity contribution in [3.8, 4) is 0 Å². The lowest BCUT2D eigenvalue weighted by atomic mass is 10.1. The lowest BCUT2D eigenvalue weighted by Crippen LogP contribution is -2.32. The Bertz CT molecular complexity index is 732. The van der Waals surface area contributed by atoms with Crippen LogP contribution in [0.2, 0.25) is 0 Å². The quantitative estimate of drug-likeness (QED) is 0.866. The number of aryl methyl sites for hydroxylation is 1. The van der Waals surface area contributed by atoms with E-state index in [0.717, 1.165) is 50.6 Å². The van der Waals surface area contributed by atoms with E-state index >= 15 is 0 Å². The molecular formula is C17H22N6. The van der Waals surface area contributed by atoms with Gasteiger partial charge in [0.1, 0.15) is 0 Å². The van der Waals surface area contributed by atoms with Gasteiger partial charge in [0.15, 0.2) is 5.82 Å². The highest BCUT2D eigenvalue weighted by Crippen LogP contribution is 2.19. The highest BCUT2D eigenvalue weighted by atomic mass is 15.3. The minimum absolute atomic E-state index is 0.850. The maximum atomic E-state index is 4.80. The summed E-state index contributed by atoms with van der Waals surface area (Å²) < 4.78 is 1.94. The maximum Gasteiger partial charge on any atom is 0.173 e. The van der Waals surface area contributed by atoms with Crippen molar-refractivity contribution >= 4 is 5.71 Å². The van der Waals surface area contributed by atoms with Gasteiger partial charge in [0.25, 0.3) is 0 Å². The van der Waals surface area contributed by atoms with Crippen molar-refractivity contribution in [1.29, 1.82) is 0 Å². The number of aromatic nitrogens is 4. The molecule has 0 amide bonds. The SMILES string of the molecule is Cn1nccc1CN1CCc2nc(C3=NCCCC3)ncc2C1. The molecule has 4 heterocycles. The van der Waals surface area contributed by atoms with E-state index in [1.165, 1.54) is 29.8 Å². The number of rotatable bonds is 3. The minimum atomic E-state index is 0.850. The first-order valence-electron chi connectivity index (χ1n) is 8.37. The van der Waals surface area contributed by atoms with Gasteiger partial charge in [-0.1, -0.05) is 0 Å². The molecule has 2 aromatic rings. The molecule has 23 heavy (non-hydrogen) atoms. The average Bonchev–Trinajstić information content (AvgIpc) is 3.00. The molecule has 2 aromatic heterocycles. The summed E-state index contributed by atoms with van der Waals surface area (Å²) in [6.45, 7) is 3.78. The Hall–Kier alpha value is -2.08. The zero-order valence-electron chi connectivity index (χ0n) is 13.6. The fourth-order valence-electron chi connectivity index (χ4n) is 3.31. The molecule has 0 atom stereocenters. The number of aliphatic imine (C=N–C) groups is 1. The second-order valence-electron chi connectivity index (χ2n) is 6.36. The standard InChI is InChI=1S/C17H22N6/c1-22-14(5-8-20-22)12-23-9-6-15-13(11-23)10-19-17(21-15)16-4-2-3-7-18-16/h5,8,10H,2-4,6-7,9,11-12H2,1H3. The van der Waals surface area contributed by atoms with Crippen LogP contribution in [0.4, 0.5) is 0 Å². The zero-order chi connectivity index (χ0) is 15.6. The predicted octanol–water partition coefficient (Wildman–Crippen LogP) is 1.74. The van der Waals surface area contributed by atoms with E-state index in [-0.39, 0.29) is 0 Å². The Morgan fingerprint density at radius 3 is 2.96 bits per heavy atom.